The zero-order valence-corrected chi connectivity index (χ0v) is 11.7. The van der Waals surface area contributed by atoms with Gasteiger partial charge in [0, 0.05) is 31.0 Å². The lowest BCUT2D eigenvalue weighted by molar-refractivity contribution is 0.0937. The predicted molar refractivity (Wildman–Crippen MR) is 76.5 cm³/mol. The second-order valence-corrected chi connectivity index (χ2v) is 4.57. The number of carbonyl (C=O) groups excluding carboxylic acids is 1. The molecule has 4 N–H and O–H groups in total. The summed E-state index contributed by atoms with van der Waals surface area (Å²) in [4.78, 5) is 20.1. The van der Waals surface area contributed by atoms with E-state index in [1.54, 1.807) is 0 Å². The summed E-state index contributed by atoms with van der Waals surface area (Å²) in [6.07, 6.45) is 5.84. The van der Waals surface area contributed by atoms with E-state index in [0.29, 0.717) is 11.5 Å². The van der Waals surface area contributed by atoms with Crippen LogP contribution in [-0.2, 0) is 0 Å². The van der Waals surface area contributed by atoms with Crippen LogP contribution in [0.2, 0.25) is 0 Å². The van der Waals surface area contributed by atoms with E-state index >= 15 is 0 Å². The largest absolute Gasteiger partial charge is 0.355 e. The second-order valence-electron chi connectivity index (χ2n) is 4.57. The molecule has 2 atom stereocenters. The first-order valence-electron chi connectivity index (χ1n) is 6.31. The molecular formula is C12H20ClN5O. The van der Waals surface area contributed by atoms with E-state index in [1.807, 2.05) is 6.92 Å². The molecule has 19 heavy (non-hydrogen) atoms. The molecule has 1 fully saturated rings. The van der Waals surface area contributed by atoms with Gasteiger partial charge in [0.25, 0.3) is 5.91 Å². The standard InChI is InChI=1S/C12H19N5O.ClH/c1-2-14-12-15-6-8(7-16-12)11(18)17-10-4-3-9(13)5-10;/h6-7,9-10H,2-5,13H2,1H3,(H,17,18)(H,14,15,16);1H/t9-,10-;/m1./s1. The Balaban J connectivity index is 0.00000180. The van der Waals surface area contributed by atoms with Gasteiger partial charge in [-0.3, -0.25) is 4.79 Å². The SMILES string of the molecule is CCNc1ncc(C(=O)N[C@@H]2CC[C@@H](N)C2)cn1.Cl. The number of halogens is 1. The minimum atomic E-state index is -0.128. The molecule has 0 aliphatic heterocycles. The number of hydrogen-bond donors (Lipinski definition) is 3. The number of nitrogens with one attached hydrogen (secondary N) is 2. The Labute approximate surface area is 119 Å². The molecule has 0 saturated heterocycles. The Morgan fingerprint density at radius 2 is 2.11 bits per heavy atom. The number of rotatable bonds is 4. The first-order chi connectivity index (χ1) is 8.69. The number of aromatic nitrogens is 2. The quantitative estimate of drug-likeness (QED) is 0.765. The van der Waals surface area contributed by atoms with Crippen LogP contribution < -0.4 is 16.4 Å². The van der Waals surface area contributed by atoms with E-state index in [9.17, 15) is 4.79 Å². The molecule has 0 aromatic carbocycles. The van der Waals surface area contributed by atoms with Crippen molar-refractivity contribution in [1.82, 2.24) is 15.3 Å². The maximum atomic E-state index is 11.9. The van der Waals surface area contributed by atoms with Crippen molar-refractivity contribution in [2.24, 2.45) is 5.73 Å². The van der Waals surface area contributed by atoms with Crippen molar-refractivity contribution in [1.29, 1.82) is 0 Å². The Morgan fingerprint density at radius 1 is 1.42 bits per heavy atom. The lowest BCUT2D eigenvalue weighted by Crippen LogP contribution is -2.34. The van der Waals surface area contributed by atoms with Crippen LogP contribution in [0.3, 0.4) is 0 Å². The van der Waals surface area contributed by atoms with Gasteiger partial charge in [-0.15, -0.1) is 12.4 Å². The molecule has 106 valence electrons. The van der Waals surface area contributed by atoms with Gasteiger partial charge in [0.2, 0.25) is 5.95 Å². The van der Waals surface area contributed by atoms with Crippen molar-refractivity contribution < 1.29 is 4.79 Å². The van der Waals surface area contributed by atoms with Crippen LogP contribution in [0, 0.1) is 0 Å². The van der Waals surface area contributed by atoms with Gasteiger partial charge in [-0.05, 0) is 26.2 Å². The van der Waals surface area contributed by atoms with Crippen LogP contribution >= 0.6 is 12.4 Å². The third-order valence-corrected chi connectivity index (χ3v) is 3.06. The van der Waals surface area contributed by atoms with Gasteiger partial charge < -0.3 is 16.4 Å². The summed E-state index contributed by atoms with van der Waals surface area (Å²) in [6, 6.07) is 0.392. The van der Waals surface area contributed by atoms with Crippen LogP contribution in [0.5, 0.6) is 0 Å². The second kappa shape index (κ2) is 7.25. The van der Waals surface area contributed by atoms with E-state index in [-0.39, 0.29) is 30.4 Å². The molecule has 1 aromatic heterocycles. The fourth-order valence-corrected chi connectivity index (χ4v) is 2.11. The van der Waals surface area contributed by atoms with Crippen LogP contribution in [-0.4, -0.2) is 34.5 Å². The summed E-state index contributed by atoms with van der Waals surface area (Å²) in [5, 5.41) is 5.94. The Kier molecular flexibility index (Phi) is 5.98. The van der Waals surface area contributed by atoms with E-state index in [0.717, 1.165) is 25.8 Å². The first kappa shape index (κ1) is 15.7. The van der Waals surface area contributed by atoms with E-state index in [1.165, 1.54) is 12.4 Å². The van der Waals surface area contributed by atoms with Crippen molar-refractivity contribution in [3.63, 3.8) is 0 Å². The Hall–Kier alpha value is -1.40. The minimum absolute atomic E-state index is 0. The van der Waals surface area contributed by atoms with Crippen molar-refractivity contribution in [3.8, 4) is 0 Å². The van der Waals surface area contributed by atoms with Gasteiger partial charge >= 0.3 is 0 Å². The van der Waals surface area contributed by atoms with Gasteiger partial charge in [0.05, 0.1) is 5.56 Å². The van der Waals surface area contributed by atoms with E-state index in [2.05, 4.69) is 20.6 Å². The molecular weight excluding hydrogens is 266 g/mol. The average molecular weight is 286 g/mol. The normalized spacial score (nSPS) is 21.6. The number of anilines is 1. The molecule has 1 aliphatic rings. The molecule has 1 saturated carbocycles. The van der Waals surface area contributed by atoms with E-state index in [4.69, 9.17) is 5.73 Å². The zero-order valence-electron chi connectivity index (χ0n) is 10.9. The van der Waals surface area contributed by atoms with Gasteiger partial charge in [-0.2, -0.15) is 0 Å². The number of carbonyl (C=O) groups is 1. The van der Waals surface area contributed by atoms with Crippen molar-refractivity contribution in [2.75, 3.05) is 11.9 Å². The molecule has 1 amide bonds. The minimum Gasteiger partial charge on any atom is -0.355 e. The highest BCUT2D eigenvalue weighted by Crippen LogP contribution is 2.17. The molecule has 7 heteroatoms. The maximum absolute atomic E-state index is 11.9. The Morgan fingerprint density at radius 3 is 2.63 bits per heavy atom. The topological polar surface area (TPSA) is 92.9 Å². The fourth-order valence-electron chi connectivity index (χ4n) is 2.11. The van der Waals surface area contributed by atoms with Gasteiger partial charge in [-0.1, -0.05) is 0 Å². The van der Waals surface area contributed by atoms with Crippen LogP contribution in [0.15, 0.2) is 12.4 Å². The molecule has 0 radical (unpaired) electrons. The molecule has 1 heterocycles. The number of hydrogen-bond acceptors (Lipinski definition) is 5. The fraction of sp³-hybridized carbons (Fsp3) is 0.583. The Bertz CT molecular complexity index is 411. The molecule has 1 aromatic rings. The highest BCUT2D eigenvalue weighted by atomic mass is 35.5. The lowest BCUT2D eigenvalue weighted by atomic mass is 10.2. The summed E-state index contributed by atoms with van der Waals surface area (Å²) < 4.78 is 0. The third kappa shape index (κ3) is 4.33. The molecule has 2 rings (SSSR count). The number of nitrogens with two attached hydrogens (primary N) is 1. The highest BCUT2D eigenvalue weighted by molar-refractivity contribution is 5.93. The number of nitrogens with zero attached hydrogens (tertiary/aromatic N) is 2. The molecule has 0 unspecified atom stereocenters. The zero-order chi connectivity index (χ0) is 13.0. The van der Waals surface area contributed by atoms with Crippen LogP contribution in [0.1, 0.15) is 36.5 Å². The van der Waals surface area contributed by atoms with Crippen LogP contribution in [0.4, 0.5) is 5.95 Å². The summed E-state index contributed by atoms with van der Waals surface area (Å²) in [5.41, 5.74) is 6.29. The van der Waals surface area contributed by atoms with Gasteiger partial charge in [0.15, 0.2) is 0 Å². The summed E-state index contributed by atoms with van der Waals surface area (Å²) in [5.74, 6) is 0.411. The monoisotopic (exact) mass is 285 g/mol. The van der Waals surface area contributed by atoms with Crippen molar-refractivity contribution >= 4 is 24.3 Å². The summed E-state index contributed by atoms with van der Waals surface area (Å²) >= 11 is 0. The van der Waals surface area contributed by atoms with Gasteiger partial charge in [0.1, 0.15) is 0 Å². The van der Waals surface area contributed by atoms with E-state index < -0.39 is 0 Å². The smallest absolute Gasteiger partial charge is 0.254 e. The van der Waals surface area contributed by atoms with Crippen molar-refractivity contribution in [3.05, 3.63) is 18.0 Å². The summed E-state index contributed by atoms with van der Waals surface area (Å²) in [6.45, 7) is 2.72. The summed E-state index contributed by atoms with van der Waals surface area (Å²) in [7, 11) is 0. The average Bonchev–Trinajstić information content (AvgIpc) is 2.76. The predicted octanol–water partition coefficient (Wildman–Crippen LogP) is 0.940. The highest BCUT2D eigenvalue weighted by Gasteiger charge is 2.23. The first-order valence-corrected chi connectivity index (χ1v) is 6.31. The van der Waals surface area contributed by atoms with Crippen LogP contribution in [0.25, 0.3) is 0 Å². The number of amides is 1. The molecule has 1 aliphatic carbocycles. The molecule has 0 spiro atoms. The van der Waals surface area contributed by atoms with Gasteiger partial charge in [-0.25, -0.2) is 9.97 Å². The van der Waals surface area contributed by atoms with Crippen molar-refractivity contribution in [2.45, 2.75) is 38.3 Å². The lowest BCUT2D eigenvalue weighted by Gasteiger charge is -2.12. The molecule has 0 bridgehead atoms. The maximum Gasteiger partial charge on any atom is 0.254 e. The third-order valence-electron chi connectivity index (χ3n) is 3.06. The molecule has 6 nitrogen and oxygen atoms in total.